The number of hydrogen-bond acceptors (Lipinski definition) is 7. The molecule has 5 rings (SSSR count). The normalized spacial score (nSPS) is 15.2. The van der Waals surface area contributed by atoms with Gasteiger partial charge in [-0.05, 0) is 65.4 Å². The maximum atomic E-state index is 13.4. The van der Waals surface area contributed by atoms with E-state index in [0.717, 1.165) is 22.5 Å². The molecule has 39 heavy (non-hydrogen) atoms. The van der Waals surface area contributed by atoms with Gasteiger partial charge in [0.1, 0.15) is 15.7 Å². The third kappa shape index (κ3) is 6.36. The molecule has 0 fully saturated rings. The zero-order chi connectivity index (χ0) is 27.2. The van der Waals surface area contributed by atoms with Gasteiger partial charge >= 0.3 is 5.97 Å². The highest BCUT2D eigenvalue weighted by molar-refractivity contribution is 7.91. The Morgan fingerprint density at radius 2 is 1.62 bits per heavy atom. The molecule has 1 N–H and O–H groups in total. The molecule has 1 aromatic heterocycles. The first kappa shape index (κ1) is 26.6. The SMILES string of the molecule is O=C(COC(=O)CC1c2ccccc2CCN1S(=O)(=O)c1cccs1)Nc1ccc(Oc2ccccc2)cc1. The van der Waals surface area contributed by atoms with Crippen molar-refractivity contribution in [1.29, 1.82) is 0 Å². The summed E-state index contributed by atoms with van der Waals surface area (Å²) in [4.78, 5) is 25.3. The van der Waals surface area contributed by atoms with Gasteiger partial charge in [0.15, 0.2) is 6.61 Å². The maximum Gasteiger partial charge on any atom is 0.308 e. The van der Waals surface area contributed by atoms with E-state index in [9.17, 15) is 18.0 Å². The fraction of sp³-hybridized carbons (Fsp3) is 0.172. The van der Waals surface area contributed by atoms with Crippen molar-refractivity contribution in [2.45, 2.75) is 23.1 Å². The quantitative estimate of drug-likeness (QED) is 0.274. The lowest BCUT2D eigenvalue weighted by molar-refractivity contribution is -0.148. The van der Waals surface area contributed by atoms with E-state index in [1.54, 1.807) is 41.8 Å². The van der Waals surface area contributed by atoms with Crippen molar-refractivity contribution in [2.75, 3.05) is 18.5 Å². The molecule has 3 aromatic carbocycles. The summed E-state index contributed by atoms with van der Waals surface area (Å²) in [7, 11) is -3.80. The predicted octanol–water partition coefficient (Wildman–Crippen LogP) is 5.40. The maximum absolute atomic E-state index is 13.4. The first-order valence-electron chi connectivity index (χ1n) is 12.3. The van der Waals surface area contributed by atoms with Gasteiger partial charge in [-0.1, -0.05) is 48.5 Å². The third-order valence-electron chi connectivity index (χ3n) is 6.26. The van der Waals surface area contributed by atoms with Crippen LogP contribution in [0.15, 0.2) is 101 Å². The van der Waals surface area contributed by atoms with Crippen LogP contribution in [-0.2, 0) is 30.8 Å². The summed E-state index contributed by atoms with van der Waals surface area (Å²) < 4.78 is 39.3. The van der Waals surface area contributed by atoms with E-state index in [0.29, 0.717) is 23.6 Å². The Labute approximate surface area is 230 Å². The molecule has 10 heteroatoms. The molecule has 0 saturated carbocycles. The van der Waals surface area contributed by atoms with Crippen molar-refractivity contribution in [3.05, 3.63) is 108 Å². The topological polar surface area (TPSA) is 102 Å². The van der Waals surface area contributed by atoms with Gasteiger partial charge in [0, 0.05) is 12.2 Å². The lowest BCUT2D eigenvalue weighted by Gasteiger charge is -2.35. The summed E-state index contributed by atoms with van der Waals surface area (Å²) >= 11 is 1.14. The Balaban J connectivity index is 1.20. The van der Waals surface area contributed by atoms with Gasteiger partial charge in [0.2, 0.25) is 0 Å². The fourth-order valence-electron chi connectivity index (χ4n) is 4.44. The van der Waals surface area contributed by atoms with Crippen molar-refractivity contribution >= 4 is 38.9 Å². The minimum absolute atomic E-state index is 0.208. The number of para-hydroxylation sites is 1. The van der Waals surface area contributed by atoms with Crippen molar-refractivity contribution in [3.63, 3.8) is 0 Å². The van der Waals surface area contributed by atoms with Crippen LogP contribution < -0.4 is 10.1 Å². The van der Waals surface area contributed by atoms with Crippen molar-refractivity contribution in [3.8, 4) is 11.5 Å². The summed E-state index contributed by atoms with van der Waals surface area (Å²) in [6, 6.07) is 26.1. The summed E-state index contributed by atoms with van der Waals surface area (Å²) in [5.74, 6) is 0.140. The van der Waals surface area contributed by atoms with Crippen LogP contribution in [0.2, 0.25) is 0 Å². The number of nitrogens with one attached hydrogen (secondary N) is 1. The zero-order valence-electron chi connectivity index (χ0n) is 20.9. The number of sulfonamides is 1. The van der Waals surface area contributed by atoms with Crippen molar-refractivity contribution in [2.24, 2.45) is 0 Å². The molecule has 2 heterocycles. The van der Waals surface area contributed by atoms with Crippen LogP contribution in [0, 0.1) is 0 Å². The molecule has 200 valence electrons. The summed E-state index contributed by atoms with van der Waals surface area (Å²) in [6.07, 6.45) is 0.338. The molecular weight excluding hydrogens is 536 g/mol. The van der Waals surface area contributed by atoms with Crippen LogP contribution >= 0.6 is 11.3 Å². The van der Waals surface area contributed by atoms with Crippen molar-refractivity contribution in [1.82, 2.24) is 4.31 Å². The van der Waals surface area contributed by atoms with Crippen LogP contribution in [0.5, 0.6) is 11.5 Å². The zero-order valence-corrected chi connectivity index (χ0v) is 22.5. The highest BCUT2D eigenvalue weighted by atomic mass is 32.2. The molecular formula is C29H26N2O6S2. The summed E-state index contributed by atoms with van der Waals surface area (Å²) in [6.45, 7) is -0.243. The van der Waals surface area contributed by atoms with Gasteiger partial charge in [-0.25, -0.2) is 8.42 Å². The number of thiophene rings is 1. The van der Waals surface area contributed by atoms with E-state index in [2.05, 4.69) is 5.32 Å². The number of nitrogens with zero attached hydrogens (tertiary/aromatic N) is 1. The molecule has 1 unspecified atom stereocenters. The number of amides is 1. The van der Waals surface area contributed by atoms with Crippen LogP contribution in [-0.4, -0.2) is 37.8 Å². The highest BCUT2D eigenvalue weighted by Gasteiger charge is 2.38. The Bertz CT molecular complexity index is 1540. The van der Waals surface area contributed by atoms with E-state index in [1.807, 2.05) is 54.6 Å². The molecule has 1 amide bonds. The van der Waals surface area contributed by atoms with Gasteiger partial charge in [0.25, 0.3) is 15.9 Å². The van der Waals surface area contributed by atoms with Crippen LogP contribution in [0.3, 0.4) is 0 Å². The number of carbonyl (C=O) groups is 2. The molecule has 4 aromatic rings. The van der Waals surface area contributed by atoms with Gasteiger partial charge in [-0.2, -0.15) is 4.31 Å². The molecule has 0 radical (unpaired) electrons. The molecule has 1 atom stereocenters. The van der Waals surface area contributed by atoms with E-state index in [4.69, 9.17) is 9.47 Å². The number of hydrogen-bond donors (Lipinski definition) is 1. The standard InChI is InChI=1S/C29H26N2O6S2/c32-27(30-22-12-14-24(15-13-22)37-23-8-2-1-3-9-23)20-36-28(33)19-26-25-10-5-4-7-21(25)16-17-31(26)39(34,35)29-11-6-18-38-29/h1-15,18,26H,16-17,19-20H2,(H,30,32). The second-order valence-electron chi connectivity index (χ2n) is 8.86. The van der Waals surface area contributed by atoms with E-state index >= 15 is 0 Å². The lowest BCUT2D eigenvalue weighted by atomic mass is 9.92. The molecule has 0 bridgehead atoms. The Morgan fingerprint density at radius 3 is 2.36 bits per heavy atom. The number of benzene rings is 3. The smallest absolute Gasteiger partial charge is 0.308 e. The minimum Gasteiger partial charge on any atom is -0.457 e. The first-order valence-corrected chi connectivity index (χ1v) is 14.6. The number of anilines is 1. The number of fused-ring (bicyclic) bond motifs is 1. The average Bonchev–Trinajstić information content (AvgIpc) is 3.50. The molecule has 0 saturated heterocycles. The number of rotatable bonds is 9. The number of ether oxygens (including phenoxy) is 2. The van der Waals surface area contributed by atoms with E-state index in [1.165, 1.54) is 4.31 Å². The van der Waals surface area contributed by atoms with Gasteiger partial charge in [-0.15, -0.1) is 11.3 Å². The number of esters is 1. The molecule has 0 aliphatic carbocycles. The second-order valence-corrected chi connectivity index (χ2v) is 11.9. The Hall–Kier alpha value is -3.99. The largest absolute Gasteiger partial charge is 0.457 e. The average molecular weight is 563 g/mol. The molecule has 1 aliphatic heterocycles. The first-order chi connectivity index (χ1) is 18.9. The molecule has 8 nitrogen and oxygen atoms in total. The van der Waals surface area contributed by atoms with E-state index in [-0.39, 0.29) is 17.2 Å². The van der Waals surface area contributed by atoms with Crippen molar-refractivity contribution < 1.29 is 27.5 Å². The fourth-order valence-corrected chi connectivity index (χ4v) is 7.17. The summed E-state index contributed by atoms with van der Waals surface area (Å²) in [5.41, 5.74) is 2.28. The van der Waals surface area contributed by atoms with Gasteiger partial charge in [0.05, 0.1) is 12.5 Å². The minimum atomic E-state index is -3.80. The van der Waals surface area contributed by atoms with Crippen LogP contribution in [0.1, 0.15) is 23.6 Å². The van der Waals surface area contributed by atoms with Crippen LogP contribution in [0.25, 0.3) is 0 Å². The monoisotopic (exact) mass is 562 g/mol. The second kappa shape index (κ2) is 11.8. The van der Waals surface area contributed by atoms with Gasteiger partial charge in [-0.3, -0.25) is 9.59 Å². The Kier molecular flexibility index (Phi) is 8.06. The van der Waals surface area contributed by atoms with Gasteiger partial charge < -0.3 is 14.8 Å². The predicted molar refractivity (Wildman–Crippen MR) is 148 cm³/mol. The third-order valence-corrected chi connectivity index (χ3v) is 9.54. The Morgan fingerprint density at radius 1 is 0.897 bits per heavy atom. The van der Waals surface area contributed by atoms with E-state index < -0.39 is 34.5 Å². The summed E-state index contributed by atoms with van der Waals surface area (Å²) in [5, 5.41) is 4.39. The number of carbonyl (C=O) groups excluding carboxylic acids is 2. The molecule has 1 aliphatic rings. The molecule has 0 spiro atoms. The highest BCUT2D eigenvalue weighted by Crippen LogP contribution is 2.37. The van der Waals surface area contributed by atoms with Crippen LogP contribution in [0.4, 0.5) is 5.69 Å². The lowest BCUT2D eigenvalue weighted by Crippen LogP contribution is -2.41.